The van der Waals surface area contributed by atoms with Crippen molar-refractivity contribution in [3.8, 4) is 5.75 Å². The summed E-state index contributed by atoms with van der Waals surface area (Å²) in [5, 5.41) is 8.99. The smallest absolute Gasteiger partial charge is 0.327 e. The third-order valence-corrected chi connectivity index (χ3v) is 2.75. The topological polar surface area (TPSA) is 49.8 Å². The molecule has 0 aliphatic heterocycles. The van der Waals surface area contributed by atoms with Gasteiger partial charge in [-0.2, -0.15) is 12.6 Å². The van der Waals surface area contributed by atoms with Crippen molar-refractivity contribution in [2.24, 2.45) is 0 Å². The van der Waals surface area contributed by atoms with Gasteiger partial charge < -0.3 is 14.7 Å². The lowest BCUT2D eigenvalue weighted by atomic mass is 10.2. The van der Waals surface area contributed by atoms with Crippen molar-refractivity contribution >= 4 is 24.3 Å². The fraction of sp³-hybridized carbons (Fsp3) is 0.364. The van der Waals surface area contributed by atoms with Crippen LogP contribution in [0.2, 0.25) is 0 Å². The van der Waals surface area contributed by atoms with Crippen LogP contribution < -0.4 is 9.64 Å². The van der Waals surface area contributed by atoms with Gasteiger partial charge >= 0.3 is 5.97 Å². The summed E-state index contributed by atoms with van der Waals surface area (Å²) in [4.78, 5) is 12.6. The summed E-state index contributed by atoms with van der Waals surface area (Å²) in [6.07, 6.45) is 0. The Morgan fingerprint density at radius 2 is 2.06 bits per heavy atom. The number of aliphatic carboxylic acids is 1. The molecule has 5 heteroatoms. The number of anilines is 1. The fourth-order valence-corrected chi connectivity index (χ4v) is 1.76. The van der Waals surface area contributed by atoms with Crippen molar-refractivity contribution in [1.82, 2.24) is 0 Å². The molecular weight excluding hydrogens is 226 g/mol. The number of thiol groups is 1. The van der Waals surface area contributed by atoms with E-state index in [9.17, 15) is 4.79 Å². The van der Waals surface area contributed by atoms with Crippen LogP contribution in [0.15, 0.2) is 24.3 Å². The first kappa shape index (κ1) is 12.7. The Hall–Kier alpha value is -1.36. The van der Waals surface area contributed by atoms with Gasteiger partial charge in [0, 0.05) is 18.5 Å². The SMILES string of the molecule is COc1ccc(N(C)[C@@H](CS)C(=O)O)cc1. The number of ether oxygens (including phenoxy) is 1. The number of nitrogens with zero attached hydrogens (tertiary/aromatic N) is 1. The highest BCUT2D eigenvalue weighted by atomic mass is 32.1. The van der Waals surface area contributed by atoms with Gasteiger partial charge in [-0.05, 0) is 24.3 Å². The third kappa shape index (κ3) is 2.82. The summed E-state index contributed by atoms with van der Waals surface area (Å²) in [6, 6.07) is 6.60. The Morgan fingerprint density at radius 1 is 1.50 bits per heavy atom. The van der Waals surface area contributed by atoms with E-state index in [2.05, 4.69) is 12.6 Å². The van der Waals surface area contributed by atoms with Gasteiger partial charge in [0.05, 0.1) is 7.11 Å². The molecule has 1 atom stereocenters. The quantitative estimate of drug-likeness (QED) is 0.767. The first-order valence-electron chi connectivity index (χ1n) is 4.80. The van der Waals surface area contributed by atoms with Gasteiger partial charge in [-0.3, -0.25) is 0 Å². The van der Waals surface area contributed by atoms with Gasteiger partial charge in [0.25, 0.3) is 0 Å². The molecular formula is C11H15NO3S. The van der Waals surface area contributed by atoms with Gasteiger partial charge in [0.2, 0.25) is 0 Å². The van der Waals surface area contributed by atoms with Crippen LogP contribution in [0, 0.1) is 0 Å². The second kappa shape index (κ2) is 5.65. The van der Waals surface area contributed by atoms with Crippen LogP contribution in [0.3, 0.4) is 0 Å². The molecule has 0 saturated carbocycles. The molecule has 0 aliphatic rings. The number of rotatable bonds is 5. The van der Waals surface area contributed by atoms with Crippen LogP contribution in [0.25, 0.3) is 0 Å². The van der Waals surface area contributed by atoms with Gasteiger partial charge in [-0.15, -0.1) is 0 Å². The number of carboxylic acids is 1. The van der Waals surface area contributed by atoms with E-state index in [1.165, 1.54) is 0 Å². The molecule has 1 aromatic carbocycles. The lowest BCUT2D eigenvalue weighted by Gasteiger charge is -2.25. The first-order chi connectivity index (χ1) is 7.60. The molecule has 0 aliphatic carbocycles. The molecule has 0 bridgehead atoms. The molecule has 4 nitrogen and oxygen atoms in total. The van der Waals surface area contributed by atoms with E-state index in [1.807, 2.05) is 12.1 Å². The van der Waals surface area contributed by atoms with E-state index >= 15 is 0 Å². The normalized spacial score (nSPS) is 11.9. The predicted octanol–water partition coefficient (Wildman–Crippen LogP) is 1.51. The third-order valence-electron chi connectivity index (χ3n) is 2.41. The van der Waals surface area contributed by atoms with E-state index in [-0.39, 0.29) is 5.75 Å². The average molecular weight is 241 g/mol. The van der Waals surface area contributed by atoms with Crippen molar-refractivity contribution in [2.75, 3.05) is 24.8 Å². The highest BCUT2D eigenvalue weighted by Gasteiger charge is 2.21. The van der Waals surface area contributed by atoms with Crippen LogP contribution in [0.5, 0.6) is 5.75 Å². The molecule has 0 radical (unpaired) electrons. The van der Waals surface area contributed by atoms with E-state index in [1.54, 1.807) is 31.2 Å². The Bertz CT molecular complexity index is 353. The molecule has 0 unspecified atom stereocenters. The first-order valence-corrected chi connectivity index (χ1v) is 5.44. The largest absolute Gasteiger partial charge is 0.497 e. The summed E-state index contributed by atoms with van der Waals surface area (Å²) >= 11 is 4.04. The number of benzene rings is 1. The minimum Gasteiger partial charge on any atom is -0.497 e. The molecule has 88 valence electrons. The molecule has 1 aromatic rings. The minimum absolute atomic E-state index is 0.262. The van der Waals surface area contributed by atoms with Crippen molar-refractivity contribution in [1.29, 1.82) is 0 Å². The second-order valence-corrected chi connectivity index (χ2v) is 3.71. The lowest BCUT2D eigenvalue weighted by molar-refractivity contribution is -0.137. The standard InChI is InChI=1S/C11H15NO3S/c1-12(10(7-16)11(13)14)8-3-5-9(15-2)6-4-8/h3-6,10,16H,7H2,1-2H3,(H,13,14)/t10-/m0/s1. The maximum absolute atomic E-state index is 11.0. The zero-order valence-corrected chi connectivity index (χ0v) is 10.1. The van der Waals surface area contributed by atoms with Crippen LogP contribution in [0.1, 0.15) is 0 Å². The Balaban J connectivity index is 2.86. The highest BCUT2D eigenvalue weighted by molar-refractivity contribution is 7.80. The van der Waals surface area contributed by atoms with Gasteiger partial charge in [-0.1, -0.05) is 0 Å². The molecule has 0 heterocycles. The average Bonchev–Trinajstić information content (AvgIpc) is 2.29. The molecule has 0 spiro atoms. The summed E-state index contributed by atoms with van der Waals surface area (Å²) in [7, 11) is 3.32. The summed E-state index contributed by atoms with van der Waals surface area (Å²) in [5.74, 6) is 0.126. The molecule has 1 N–H and O–H groups in total. The number of carbonyl (C=O) groups is 1. The zero-order valence-electron chi connectivity index (χ0n) is 9.25. The van der Waals surface area contributed by atoms with E-state index in [4.69, 9.17) is 9.84 Å². The van der Waals surface area contributed by atoms with Crippen LogP contribution in [-0.2, 0) is 4.79 Å². The number of hydrogen-bond acceptors (Lipinski definition) is 4. The molecule has 1 rings (SSSR count). The zero-order chi connectivity index (χ0) is 12.1. The highest BCUT2D eigenvalue weighted by Crippen LogP contribution is 2.20. The number of methoxy groups -OCH3 is 1. The molecule has 16 heavy (non-hydrogen) atoms. The molecule has 0 saturated heterocycles. The molecule has 0 aromatic heterocycles. The maximum atomic E-state index is 11.0. The second-order valence-electron chi connectivity index (χ2n) is 3.35. The van der Waals surface area contributed by atoms with Crippen LogP contribution >= 0.6 is 12.6 Å². The van der Waals surface area contributed by atoms with Crippen molar-refractivity contribution in [3.05, 3.63) is 24.3 Å². The summed E-state index contributed by atoms with van der Waals surface area (Å²) < 4.78 is 5.03. The summed E-state index contributed by atoms with van der Waals surface area (Å²) in [5.41, 5.74) is 0.822. The van der Waals surface area contributed by atoms with Gasteiger partial charge in [0.15, 0.2) is 0 Å². The molecule has 0 amide bonds. The van der Waals surface area contributed by atoms with E-state index in [0.717, 1.165) is 11.4 Å². The van der Waals surface area contributed by atoms with Crippen molar-refractivity contribution in [2.45, 2.75) is 6.04 Å². The Kier molecular flexibility index (Phi) is 4.49. The molecule has 0 fully saturated rings. The Morgan fingerprint density at radius 3 is 2.44 bits per heavy atom. The van der Waals surface area contributed by atoms with E-state index < -0.39 is 12.0 Å². The van der Waals surface area contributed by atoms with Crippen LogP contribution in [-0.4, -0.2) is 37.0 Å². The lowest BCUT2D eigenvalue weighted by Crippen LogP contribution is -2.40. The van der Waals surface area contributed by atoms with Crippen molar-refractivity contribution < 1.29 is 14.6 Å². The predicted molar refractivity (Wildman–Crippen MR) is 66.7 cm³/mol. The number of carboxylic acid groups (broad SMARTS) is 1. The van der Waals surface area contributed by atoms with Gasteiger partial charge in [-0.25, -0.2) is 4.79 Å². The fourth-order valence-electron chi connectivity index (χ4n) is 1.36. The van der Waals surface area contributed by atoms with Gasteiger partial charge in [0.1, 0.15) is 11.8 Å². The van der Waals surface area contributed by atoms with Crippen LogP contribution in [0.4, 0.5) is 5.69 Å². The van der Waals surface area contributed by atoms with Crippen molar-refractivity contribution in [3.63, 3.8) is 0 Å². The minimum atomic E-state index is -0.881. The Labute approximate surface area is 100 Å². The van der Waals surface area contributed by atoms with E-state index in [0.29, 0.717) is 0 Å². The number of hydrogen-bond donors (Lipinski definition) is 2. The monoisotopic (exact) mass is 241 g/mol. The number of likely N-dealkylation sites (N-methyl/N-ethyl adjacent to an activating group) is 1. The summed E-state index contributed by atoms with van der Waals surface area (Å²) in [6.45, 7) is 0. The maximum Gasteiger partial charge on any atom is 0.327 e.